The summed E-state index contributed by atoms with van der Waals surface area (Å²) in [5.74, 6) is -1.59. The number of carbonyl (C=O) groups excluding carboxylic acids is 1. The normalized spacial score (nSPS) is 11.4. The van der Waals surface area contributed by atoms with E-state index in [-0.39, 0.29) is 11.1 Å². The van der Waals surface area contributed by atoms with Crippen molar-refractivity contribution in [2.24, 2.45) is 0 Å². The number of halogens is 2. The lowest BCUT2D eigenvalue weighted by atomic mass is 10.1. The lowest BCUT2D eigenvalue weighted by molar-refractivity contribution is -0.103. The Kier molecular flexibility index (Phi) is 2.74. The van der Waals surface area contributed by atoms with Gasteiger partial charge in [0.25, 0.3) is 0 Å². The van der Waals surface area contributed by atoms with Gasteiger partial charge >= 0.3 is 0 Å². The molecule has 4 heteroatoms. The summed E-state index contributed by atoms with van der Waals surface area (Å²) in [6, 6.07) is 2.60. The van der Waals surface area contributed by atoms with Crippen LogP contribution in [0.1, 0.15) is 5.56 Å². The molecule has 0 aliphatic rings. The molecular weight excluding hydrogens is 178 g/mol. The Balaban J connectivity index is 3.21. The van der Waals surface area contributed by atoms with Crippen molar-refractivity contribution in [2.75, 3.05) is 0 Å². The monoisotopic (exact) mass is 184 g/mol. The molecule has 0 fully saturated rings. The summed E-state index contributed by atoms with van der Waals surface area (Å²) in [7, 11) is 0. The van der Waals surface area contributed by atoms with E-state index >= 15 is 0 Å². The van der Waals surface area contributed by atoms with Gasteiger partial charge in [0, 0.05) is 6.07 Å². The molecule has 1 N–H and O–H groups in total. The first kappa shape index (κ1) is 9.38. The van der Waals surface area contributed by atoms with Gasteiger partial charge in [-0.15, -0.1) is 0 Å². The van der Waals surface area contributed by atoms with Crippen molar-refractivity contribution in [2.45, 2.75) is 0 Å². The smallest absolute Gasteiger partial charge is 0.153 e. The Morgan fingerprint density at radius 3 is 2.15 bits per heavy atom. The predicted molar refractivity (Wildman–Crippen MR) is 43.0 cm³/mol. The topological polar surface area (TPSA) is 37.3 Å². The van der Waals surface area contributed by atoms with Crippen LogP contribution < -0.4 is 0 Å². The number of hydrogen-bond acceptors (Lipinski definition) is 2. The van der Waals surface area contributed by atoms with Gasteiger partial charge in [-0.05, 0) is 17.7 Å². The summed E-state index contributed by atoms with van der Waals surface area (Å²) in [6.45, 7) is 0. The lowest BCUT2D eigenvalue weighted by Crippen LogP contribution is -1.89. The second kappa shape index (κ2) is 3.80. The average molecular weight is 184 g/mol. The molecule has 0 amide bonds. The zero-order valence-electron chi connectivity index (χ0n) is 6.50. The van der Waals surface area contributed by atoms with Gasteiger partial charge in [0.15, 0.2) is 6.29 Å². The van der Waals surface area contributed by atoms with Crippen molar-refractivity contribution in [3.8, 4) is 0 Å². The van der Waals surface area contributed by atoms with E-state index in [1.807, 2.05) is 0 Å². The molecule has 0 unspecified atom stereocenters. The van der Waals surface area contributed by atoms with Crippen LogP contribution in [0.4, 0.5) is 8.78 Å². The molecule has 68 valence electrons. The van der Waals surface area contributed by atoms with Gasteiger partial charge in [-0.2, -0.15) is 0 Å². The quantitative estimate of drug-likeness (QED) is 0.434. The SMILES string of the molecule is O=C/C(=C/O)c1cc(F)cc(F)c1. The summed E-state index contributed by atoms with van der Waals surface area (Å²) >= 11 is 0. The minimum absolute atomic E-state index is 0.00926. The third kappa shape index (κ3) is 2.11. The van der Waals surface area contributed by atoms with Crippen LogP contribution in [0.2, 0.25) is 0 Å². The highest BCUT2D eigenvalue weighted by Gasteiger charge is 2.04. The average Bonchev–Trinajstić information content (AvgIpc) is 2.04. The molecule has 0 aromatic heterocycles. The predicted octanol–water partition coefficient (Wildman–Crippen LogP) is 2.06. The van der Waals surface area contributed by atoms with Crippen LogP contribution in [-0.4, -0.2) is 11.4 Å². The second-order valence-corrected chi connectivity index (χ2v) is 2.36. The van der Waals surface area contributed by atoms with Crippen LogP contribution in [0.25, 0.3) is 5.57 Å². The molecule has 1 aromatic rings. The zero-order valence-corrected chi connectivity index (χ0v) is 6.50. The fourth-order valence-corrected chi connectivity index (χ4v) is 0.894. The fourth-order valence-electron chi connectivity index (χ4n) is 0.894. The van der Waals surface area contributed by atoms with Crippen molar-refractivity contribution in [1.82, 2.24) is 0 Å². The molecule has 0 heterocycles. The van der Waals surface area contributed by atoms with Gasteiger partial charge in [-0.3, -0.25) is 4.79 Å². The maximum atomic E-state index is 12.6. The molecule has 0 atom stereocenters. The molecule has 2 nitrogen and oxygen atoms in total. The van der Waals surface area contributed by atoms with Crippen LogP contribution in [0.15, 0.2) is 24.5 Å². The van der Waals surface area contributed by atoms with Gasteiger partial charge in [-0.25, -0.2) is 8.78 Å². The molecule has 0 aliphatic carbocycles. The number of aliphatic hydroxyl groups is 1. The highest BCUT2D eigenvalue weighted by molar-refractivity contribution is 6.06. The molecule has 0 aliphatic heterocycles. The van der Waals surface area contributed by atoms with E-state index in [0.717, 1.165) is 12.1 Å². The first-order valence-electron chi connectivity index (χ1n) is 3.43. The van der Waals surface area contributed by atoms with Crippen LogP contribution in [-0.2, 0) is 4.79 Å². The standard InChI is InChI=1S/C9H6F2O2/c10-8-1-6(2-9(11)3-8)7(4-12)5-13/h1-5,12H/b7-4-. The fraction of sp³-hybridized carbons (Fsp3) is 0. The van der Waals surface area contributed by atoms with Gasteiger partial charge in [0.05, 0.1) is 11.8 Å². The van der Waals surface area contributed by atoms with E-state index < -0.39 is 11.6 Å². The minimum Gasteiger partial charge on any atom is -0.515 e. The largest absolute Gasteiger partial charge is 0.515 e. The maximum absolute atomic E-state index is 12.6. The first-order chi connectivity index (χ1) is 6.17. The van der Waals surface area contributed by atoms with Gasteiger partial charge in [-0.1, -0.05) is 0 Å². The van der Waals surface area contributed by atoms with E-state index in [1.165, 1.54) is 0 Å². The highest BCUT2D eigenvalue weighted by atomic mass is 19.1. The minimum atomic E-state index is -0.795. The summed E-state index contributed by atoms with van der Waals surface area (Å²) in [5.41, 5.74) is -0.159. The first-order valence-corrected chi connectivity index (χ1v) is 3.43. The van der Waals surface area contributed by atoms with E-state index in [1.54, 1.807) is 0 Å². The van der Waals surface area contributed by atoms with Crippen LogP contribution in [0, 0.1) is 11.6 Å². The molecule has 0 saturated heterocycles. The number of allylic oxidation sites excluding steroid dienone is 1. The summed E-state index contributed by atoms with van der Waals surface area (Å²) in [4.78, 5) is 10.3. The summed E-state index contributed by atoms with van der Waals surface area (Å²) < 4.78 is 25.2. The third-order valence-electron chi connectivity index (χ3n) is 1.46. The third-order valence-corrected chi connectivity index (χ3v) is 1.46. The van der Waals surface area contributed by atoms with Crippen molar-refractivity contribution in [3.63, 3.8) is 0 Å². The number of aliphatic hydroxyl groups excluding tert-OH is 1. The van der Waals surface area contributed by atoms with E-state index in [4.69, 9.17) is 5.11 Å². The number of hydrogen-bond donors (Lipinski definition) is 1. The van der Waals surface area contributed by atoms with Gasteiger partial charge in [0.1, 0.15) is 11.6 Å². The van der Waals surface area contributed by atoms with Crippen molar-refractivity contribution >= 4 is 11.9 Å². The molecule has 0 bridgehead atoms. The summed E-state index contributed by atoms with van der Waals surface area (Å²) in [5, 5.41) is 8.52. The van der Waals surface area contributed by atoms with Crippen LogP contribution in [0.5, 0.6) is 0 Å². The number of benzene rings is 1. The highest BCUT2D eigenvalue weighted by Crippen LogP contribution is 2.14. The number of carbonyl (C=O) groups is 1. The molecule has 1 aromatic carbocycles. The Hall–Kier alpha value is -1.71. The maximum Gasteiger partial charge on any atom is 0.153 e. The van der Waals surface area contributed by atoms with E-state index in [0.29, 0.717) is 18.6 Å². The van der Waals surface area contributed by atoms with Crippen LogP contribution in [0.3, 0.4) is 0 Å². The van der Waals surface area contributed by atoms with Gasteiger partial charge in [0.2, 0.25) is 0 Å². The Morgan fingerprint density at radius 2 is 1.77 bits per heavy atom. The Morgan fingerprint density at radius 1 is 1.23 bits per heavy atom. The van der Waals surface area contributed by atoms with Crippen molar-refractivity contribution in [1.29, 1.82) is 0 Å². The van der Waals surface area contributed by atoms with E-state index in [9.17, 15) is 13.6 Å². The second-order valence-electron chi connectivity index (χ2n) is 2.36. The molecule has 0 spiro atoms. The Bertz CT molecular complexity index is 338. The molecule has 13 heavy (non-hydrogen) atoms. The molecule has 1 rings (SSSR count). The molecule has 0 saturated carbocycles. The Labute approximate surface area is 73.1 Å². The number of rotatable bonds is 2. The zero-order chi connectivity index (χ0) is 9.84. The molecule has 0 radical (unpaired) electrons. The van der Waals surface area contributed by atoms with Crippen molar-refractivity contribution < 1.29 is 18.7 Å². The number of aldehydes is 1. The molecular formula is C9H6F2O2. The lowest BCUT2D eigenvalue weighted by Gasteiger charge is -1.98. The van der Waals surface area contributed by atoms with Gasteiger partial charge < -0.3 is 5.11 Å². The summed E-state index contributed by atoms with van der Waals surface area (Å²) in [6.07, 6.45) is 0.815. The van der Waals surface area contributed by atoms with Crippen molar-refractivity contribution in [3.05, 3.63) is 41.7 Å². The van der Waals surface area contributed by atoms with Crippen LogP contribution >= 0.6 is 0 Å². The van der Waals surface area contributed by atoms with E-state index in [2.05, 4.69) is 0 Å².